The number of pyridine rings is 1. The van der Waals surface area contributed by atoms with E-state index in [9.17, 15) is 0 Å². The number of nitrogens with zero attached hydrogens (tertiary/aromatic N) is 2. The van der Waals surface area contributed by atoms with Crippen molar-refractivity contribution in [3.8, 4) is 11.4 Å². The minimum Gasteiger partial charge on any atom is -0.328 e. The van der Waals surface area contributed by atoms with Crippen LogP contribution < -0.4 is 5.73 Å². The third-order valence-corrected chi connectivity index (χ3v) is 5.79. The number of H-pyrrole nitrogens is 1. The van der Waals surface area contributed by atoms with Gasteiger partial charge in [-0.3, -0.25) is 10.1 Å². The topological polar surface area (TPSA) is 67.6 Å². The van der Waals surface area contributed by atoms with Gasteiger partial charge in [0.25, 0.3) is 0 Å². The molecule has 0 amide bonds. The van der Waals surface area contributed by atoms with Gasteiger partial charge < -0.3 is 5.73 Å². The molecule has 0 aromatic carbocycles. The zero-order valence-corrected chi connectivity index (χ0v) is 20.0. The molecule has 2 aromatic heterocycles. The maximum Gasteiger partial charge on any atom is 0.0919 e. The number of nitrogens with two attached hydrogens (primary N) is 1. The predicted octanol–water partition coefficient (Wildman–Crippen LogP) is 6.78. The Hall–Kier alpha value is -3.46. The average Bonchev–Trinajstić information content (AvgIpc) is 3.22. The molecule has 0 aliphatic heterocycles. The van der Waals surface area contributed by atoms with Gasteiger partial charge in [0.15, 0.2) is 0 Å². The molecule has 3 rings (SSSR count). The summed E-state index contributed by atoms with van der Waals surface area (Å²) in [4.78, 5) is 4.63. The van der Waals surface area contributed by atoms with Crippen LogP contribution in [-0.4, -0.2) is 21.2 Å². The molecule has 2 heterocycles. The van der Waals surface area contributed by atoms with E-state index < -0.39 is 0 Å². The van der Waals surface area contributed by atoms with E-state index >= 15 is 0 Å². The molecule has 1 aliphatic carbocycles. The first-order chi connectivity index (χ1) is 15.9. The van der Waals surface area contributed by atoms with Gasteiger partial charge in [0.2, 0.25) is 0 Å². The lowest BCUT2D eigenvalue weighted by molar-refractivity contribution is 0.561. The maximum absolute atomic E-state index is 6.19. The summed E-state index contributed by atoms with van der Waals surface area (Å²) in [6, 6.07) is 6.19. The van der Waals surface area contributed by atoms with Crippen LogP contribution in [0.5, 0.6) is 0 Å². The van der Waals surface area contributed by atoms with Crippen molar-refractivity contribution in [1.82, 2.24) is 15.2 Å². The van der Waals surface area contributed by atoms with Crippen LogP contribution in [0.1, 0.15) is 50.8 Å². The minimum atomic E-state index is 0.228. The highest BCUT2D eigenvalue weighted by molar-refractivity contribution is 5.83. The van der Waals surface area contributed by atoms with Crippen molar-refractivity contribution in [1.29, 1.82) is 0 Å². The summed E-state index contributed by atoms with van der Waals surface area (Å²) < 4.78 is 0. The summed E-state index contributed by atoms with van der Waals surface area (Å²) in [5.41, 5.74) is 18.3. The fourth-order valence-electron chi connectivity index (χ4n) is 3.82. The first kappa shape index (κ1) is 24.2. The average molecular weight is 439 g/mol. The van der Waals surface area contributed by atoms with Crippen LogP contribution in [0.3, 0.4) is 0 Å². The van der Waals surface area contributed by atoms with Crippen molar-refractivity contribution in [2.24, 2.45) is 5.73 Å². The molecular formula is C29H34N4. The number of rotatable bonds is 9. The molecule has 170 valence electrons. The van der Waals surface area contributed by atoms with E-state index in [4.69, 9.17) is 5.73 Å². The molecule has 0 saturated carbocycles. The highest BCUT2D eigenvalue weighted by Gasteiger charge is 2.13. The molecular weight excluding hydrogens is 404 g/mol. The number of nitrogens with one attached hydrogen (secondary N) is 1. The molecule has 0 spiro atoms. The normalized spacial score (nSPS) is 16.1. The zero-order chi connectivity index (χ0) is 23.8. The molecule has 1 unspecified atom stereocenters. The van der Waals surface area contributed by atoms with Gasteiger partial charge in [-0.1, -0.05) is 44.7 Å². The molecule has 0 saturated heterocycles. The monoisotopic (exact) mass is 438 g/mol. The Morgan fingerprint density at radius 2 is 2.09 bits per heavy atom. The second kappa shape index (κ2) is 11.4. The number of aryl methyl sites for hydroxylation is 1. The van der Waals surface area contributed by atoms with Crippen LogP contribution in [0, 0.1) is 6.92 Å². The van der Waals surface area contributed by atoms with E-state index in [0.717, 1.165) is 76.2 Å². The SMILES string of the molecule is C=C1C=CC(c2cn[nH]c2-c2cccc(C)n2)=C=C/C1=C/C(=C\C)C(=C)CCC(N)CCC. The summed E-state index contributed by atoms with van der Waals surface area (Å²) in [5.74, 6) is 0. The van der Waals surface area contributed by atoms with Crippen LogP contribution in [0.2, 0.25) is 0 Å². The van der Waals surface area contributed by atoms with Gasteiger partial charge in [0.05, 0.1) is 17.6 Å². The molecule has 4 nitrogen and oxygen atoms in total. The molecule has 0 radical (unpaired) electrons. The molecule has 1 atom stereocenters. The summed E-state index contributed by atoms with van der Waals surface area (Å²) >= 11 is 0. The Kier molecular flexibility index (Phi) is 8.37. The predicted molar refractivity (Wildman–Crippen MR) is 139 cm³/mol. The van der Waals surface area contributed by atoms with Crippen LogP contribution in [-0.2, 0) is 0 Å². The second-order valence-corrected chi connectivity index (χ2v) is 8.42. The maximum atomic E-state index is 6.19. The van der Waals surface area contributed by atoms with Gasteiger partial charge in [-0.2, -0.15) is 5.10 Å². The largest absolute Gasteiger partial charge is 0.328 e. The number of hydrogen-bond acceptors (Lipinski definition) is 3. The molecule has 2 aromatic rings. The standard InChI is InChI=1S/C29H34N4/c1-6-9-26(30)17-13-20(3)23(7-2)18-25-16-15-24(14-12-21(25)4)27-19-31-33-29(27)28-11-8-10-22(5)32-28/h7-8,10-12,14,16,18-19,26H,3-4,6,9,13,17,30H2,1-2,5H3,(H,31,33)/b23-7+,25-18-. The fraction of sp³-hybridized carbons (Fsp3) is 0.276. The van der Waals surface area contributed by atoms with Crippen molar-refractivity contribution < 1.29 is 0 Å². The van der Waals surface area contributed by atoms with Crippen molar-refractivity contribution in [2.75, 3.05) is 0 Å². The molecule has 1 aliphatic rings. The van der Waals surface area contributed by atoms with E-state index in [-0.39, 0.29) is 6.04 Å². The number of hydrogen-bond donors (Lipinski definition) is 2. The lowest BCUT2D eigenvalue weighted by Crippen LogP contribution is -2.19. The summed E-state index contributed by atoms with van der Waals surface area (Å²) in [6.07, 6.45) is 16.1. The number of aromatic amines is 1. The molecule has 3 N–H and O–H groups in total. The molecule has 33 heavy (non-hydrogen) atoms. The fourth-order valence-corrected chi connectivity index (χ4v) is 3.82. The van der Waals surface area contributed by atoms with Crippen molar-refractivity contribution >= 4 is 5.57 Å². The molecule has 0 bridgehead atoms. The summed E-state index contributed by atoms with van der Waals surface area (Å²) in [6.45, 7) is 14.7. The van der Waals surface area contributed by atoms with Crippen LogP contribution >= 0.6 is 0 Å². The Bertz CT molecular complexity index is 1180. The Morgan fingerprint density at radius 3 is 2.82 bits per heavy atom. The zero-order valence-electron chi connectivity index (χ0n) is 20.0. The Morgan fingerprint density at radius 1 is 1.27 bits per heavy atom. The lowest BCUT2D eigenvalue weighted by Gasteiger charge is -2.13. The van der Waals surface area contributed by atoms with E-state index in [0.29, 0.717) is 0 Å². The van der Waals surface area contributed by atoms with Gasteiger partial charge in [-0.25, -0.2) is 0 Å². The smallest absolute Gasteiger partial charge is 0.0919 e. The third kappa shape index (κ3) is 6.29. The molecule has 4 heteroatoms. The van der Waals surface area contributed by atoms with Crippen molar-refractivity contribution in [2.45, 2.75) is 52.5 Å². The van der Waals surface area contributed by atoms with Crippen molar-refractivity contribution in [3.05, 3.63) is 107 Å². The quantitative estimate of drug-likeness (QED) is 0.335. The highest BCUT2D eigenvalue weighted by Crippen LogP contribution is 2.29. The molecule has 0 fully saturated rings. The number of aromatic nitrogens is 3. The Balaban J connectivity index is 1.88. The van der Waals surface area contributed by atoms with Gasteiger partial charge in [0, 0.05) is 22.9 Å². The van der Waals surface area contributed by atoms with E-state index in [1.54, 1.807) is 0 Å². The second-order valence-electron chi connectivity index (χ2n) is 8.42. The van der Waals surface area contributed by atoms with Crippen LogP contribution in [0.15, 0.2) is 96.0 Å². The first-order valence-electron chi connectivity index (χ1n) is 11.6. The lowest BCUT2D eigenvalue weighted by atomic mass is 9.95. The van der Waals surface area contributed by atoms with Gasteiger partial charge in [-0.15, -0.1) is 5.73 Å². The first-order valence-corrected chi connectivity index (χ1v) is 11.6. The summed E-state index contributed by atoms with van der Waals surface area (Å²) in [7, 11) is 0. The van der Waals surface area contributed by atoms with E-state index in [1.165, 1.54) is 0 Å². The highest BCUT2D eigenvalue weighted by atomic mass is 15.1. The van der Waals surface area contributed by atoms with Crippen LogP contribution in [0.25, 0.3) is 17.0 Å². The Labute approximate surface area is 197 Å². The number of allylic oxidation sites excluding steroid dienone is 9. The van der Waals surface area contributed by atoms with Gasteiger partial charge >= 0.3 is 0 Å². The van der Waals surface area contributed by atoms with E-state index in [1.807, 2.05) is 56.5 Å². The van der Waals surface area contributed by atoms with Gasteiger partial charge in [-0.05, 0) is 85.8 Å². The van der Waals surface area contributed by atoms with E-state index in [2.05, 4.69) is 53.1 Å². The van der Waals surface area contributed by atoms with Crippen molar-refractivity contribution in [3.63, 3.8) is 0 Å². The van der Waals surface area contributed by atoms with Gasteiger partial charge in [0.1, 0.15) is 0 Å². The third-order valence-electron chi connectivity index (χ3n) is 5.79. The van der Waals surface area contributed by atoms with Crippen LogP contribution in [0.4, 0.5) is 0 Å². The summed E-state index contributed by atoms with van der Waals surface area (Å²) in [5, 5.41) is 7.35. The minimum absolute atomic E-state index is 0.228.